The maximum absolute atomic E-state index is 9.58. The third-order valence-electron chi connectivity index (χ3n) is 4.65. The summed E-state index contributed by atoms with van der Waals surface area (Å²) in [5.74, 6) is 0.550. The van der Waals surface area contributed by atoms with E-state index in [-0.39, 0.29) is 16.9 Å². The molecule has 0 atom stereocenters. The molecule has 0 spiro atoms. The van der Waals surface area contributed by atoms with E-state index in [0.717, 1.165) is 17.5 Å². The Balaban J connectivity index is 1.94. The first-order valence-electron chi connectivity index (χ1n) is 7.37. The topological polar surface area (TPSA) is 40.5 Å². The highest BCUT2D eigenvalue weighted by molar-refractivity contribution is 5.61. The number of hydrogen-bond donors (Lipinski definition) is 2. The SMILES string of the molecule is Oc1ccc(C2(c3ccc(O)cc3)Cc3ccccc32)cc1. The van der Waals surface area contributed by atoms with Crippen molar-refractivity contribution in [1.29, 1.82) is 0 Å². The summed E-state index contributed by atoms with van der Waals surface area (Å²) >= 11 is 0. The third-order valence-corrected chi connectivity index (χ3v) is 4.65. The van der Waals surface area contributed by atoms with Crippen molar-refractivity contribution < 1.29 is 10.2 Å². The molecule has 4 rings (SSSR count). The number of fused-ring (bicyclic) bond motifs is 1. The fourth-order valence-corrected chi connectivity index (χ4v) is 3.54. The maximum atomic E-state index is 9.58. The lowest BCUT2D eigenvalue weighted by Gasteiger charge is -2.45. The minimum absolute atomic E-state index is 0.196. The zero-order valence-electron chi connectivity index (χ0n) is 12.0. The number of phenolic OH excluding ortho intramolecular Hbond substituents is 2. The average molecular weight is 288 g/mol. The Morgan fingerprint density at radius 2 is 1.14 bits per heavy atom. The monoisotopic (exact) mass is 288 g/mol. The molecule has 0 radical (unpaired) electrons. The van der Waals surface area contributed by atoms with Crippen LogP contribution in [0.1, 0.15) is 22.3 Å². The van der Waals surface area contributed by atoms with Gasteiger partial charge in [-0.1, -0.05) is 48.5 Å². The Morgan fingerprint density at radius 1 is 0.636 bits per heavy atom. The molecule has 0 saturated carbocycles. The van der Waals surface area contributed by atoms with Crippen molar-refractivity contribution >= 4 is 0 Å². The van der Waals surface area contributed by atoms with Gasteiger partial charge in [0.15, 0.2) is 0 Å². The van der Waals surface area contributed by atoms with Gasteiger partial charge < -0.3 is 10.2 Å². The Labute approximate surface area is 129 Å². The van der Waals surface area contributed by atoms with E-state index in [4.69, 9.17) is 0 Å². The van der Waals surface area contributed by atoms with E-state index in [1.165, 1.54) is 11.1 Å². The Bertz CT molecular complexity index is 772. The molecule has 3 aromatic rings. The summed E-state index contributed by atoms with van der Waals surface area (Å²) in [6, 6.07) is 23.3. The summed E-state index contributed by atoms with van der Waals surface area (Å²) in [6.45, 7) is 0. The molecule has 0 bridgehead atoms. The Hall–Kier alpha value is -2.74. The van der Waals surface area contributed by atoms with E-state index in [9.17, 15) is 10.2 Å². The second kappa shape index (κ2) is 4.63. The van der Waals surface area contributed by atoms with Gasteiger partial charge in [0.2, 0.25) is 0 Å². The summed E-state index contributed by atoms with van der Waals surface area (Å²) in [4.78, 5) is 0. The molecule has 108 valence electrons. The summed E-state index contributed by atoms with van der Waals surface area (Å²) in [5, 5.41) is 19.2. The fraction of sp³-hybridized carbons (Fsp3) is 0.100. The Morgan fingerprint density at radius 3 is 1.64 bits per heavy atom. The van der Waals surface area contributed by atoms with Crippen molar-refractivity contribution in [2.75, 3.05) is 0 Å². The van der Waals surface area contributed by atoms with Crippen molar-refractivity contribution in [3.63, 3.8) is 0 Å². The summed E-state index contributed by atoms with van der Waals surface area (Å²) in [6.07, 6.45) is 0.929. The van der Waals surface area contributed by atoms with Gasteiger partial charge in [0.1, 0.15) is 11.5 Å². The predicted molar refractivity (Wildman–Crippen MR) is 86.2 cm³/mol. The largest absolute Gasteiger partial charge is 0.508 e. The molecule has 0 fully saturated rings. The summed E-state index contributed by atoms with van der Waals surface area (Å²) < 4.78 is 0. The molecule has 1 aliphatic rings. The van der Waals surface area contributed by atoms with Gasteiger partial charge in [-0.25, -0.2) is 0 Å². The number of rotatable bonds is 2. The zero-order chi connectivity index (χ0) is 15.2. The predicted octanol–water partition coefficient (Wildman–Crippen LogP) is 3.99. The standard InChI is InChI=1S/C20H16O2/c21-17-9-5-15(6-10-17)20(16-7-11-18(22)12-8-16)13-14-3-1-2-4-19(14)20/h1-12,21-22H,13H2. The fourth-order valence-electron chi connectivity index (χ4n) is 3.54. The van der Waals surface area contributed by atoms with E-state index in [2.05, 4.69) is 24.3 Å². The van der Waals surface area contributed by atoms with Gasteiger partial charge in [0, 0.05) is 5.41 Å². The molecule has 1 aliphatic carbocycles. The lowest BCUT2D eigenvalue weighted by molar-refractivity contribution is 0.472. The average Bonchev–Trinajstić information content (AvgIpc) is 2.52. The zero-order valence-corrected chi connectivity index (χ0v) is 12.0. The molecular formula is C20H16O2. The second-order valence-corrected chi connectivity index (χ2v) is 5.83. The molecule has 2 N–H and O–H groups in total. The van der Waals surface area contributed by atoms with E-state index in [1.807, 2.05) is 24.3 Å². The summed E-state index contributed by atoms with van der Waals surface area (Å²) in [5.41, 5.74) is 4.78. The van der Waals surface area contributed by atoms with Crippen molar-refractivity contribution in [2.24, 2.45) is 0 Å². The van der Waals surface area contributed by atoms with Crippen LogP contribution in [0.3, 0.4) is 0 Å². The number of hydrogen-bond acceptors (Lipinski definition) is 2. The molecule has 0 saturated heterocycles. The van der Waals surface area contributed by atoms with Crippen LogP contribution in [-0.2, 0) is 11.8 Å². The van der Waals surface area contributed by atoms with Crippen LogP contribution in [0.15, 0.2) is 72.8 Å². The molecule has 22 heavy (non-hydrogen) atoms. The van der Waals surface area contributed by atoms with Crippen molar-refractivity contribution in [3.05, 3.63) is 95.1 Å². The van der Waals surface area contributed by atoms with Gasteiger partial charge >= 0.3 is 0 Å². The molecular weight excluding hydrogens is 272 g/mol. The van der Waals surface area contributed by atoms with Crippen LogP contribution in [0.25, 0.3) is 0 Å². The van der Waals surface area contributed by atoms with Gasteiger partial charge in [-0.15, -0.1) is 0 Å². The first kappa shape index (κ1) is 13.0. The molecule has 2 heteroatoms. The van der Waals surface area contributed by atoms with Crippen LogP contribution in [-0.4, -0.2) is 10.2 Å². The minimum atomic E-state index is -0.196. The molecule has 2 nitrogen and oxygen atoms in total. The maximum Gasteiger partial charge on any atom is 0.115 e. The molecule has 0 unspecified atom stereocenters. The third kappa shape index (κ3) is 1.74. The Kier molecular flexibility index (Phi) is 2.73. The van der Waals surface area contributed by atoms with Crippen LogP contribution in [0, 0.1) is 0 Å². The van der Waals surface area contributed by atoms with Gasteiger partial charge in [-0.3, -0.25) is 0 Å². The highest BCUT2D eigenvalue weighted by Gasteiger charge is 2.45. The first-order chi connectivity index (χ1) is 10.7. The smallest absolute Gasteiger partial charge is 0.115 e. The van der Waals surface area contributed by atoms with Crippen LogP contribution in [0.2, 0.25) is 0 Å². The van der Waals surface area contributed by atoms with E-state index in [1.54, 1.807) is 24.3 Å². The van der Waals surface area contributed by atoms with Gasteiger partial charge in [-0.2, -0.15) is 0 Å². The number of phenols is 2. The van der Waals surface area contributed by atoms with Gasteiger partial charge in [0.25, 0.3) is 0 Å². The van der Waals surface area contributed by atoms with E-state index < -0.39 is 0 Å². The van der Waals surface area contributed by atoms with Gasteiger partial charge in [-0.05, 0) is 52.9 Å². The number of aromatic hydroxyl groups is 2. The second-order valence-electron chi connectivity index (χ2n) is 5.83. The summed E-state index contributed by atoms with van der Waals surface area (Å²) in [7, 11) is 0. The first-order valence-corrected chi connectivity index (χ1v) is 7.37. The van der Waals surface area contributed by atoms with E-state index >= 15 is 0 Å². The minimum Gasteiger partial charge on any atom is -0.508 e. The lowest BCUT2D eigenvalue weighted by atomic mass is 9.57. The van der Waals surface area contributed by atoms with Crippen molar-refractivity contribution in [3.8, 4) is 11.5 Å². The molecule has 0 aromatic heterocycles. The highest BCUT2D eigenvalue weighted by atomic mass is 16.3. The molecule has 0 heterocycles. The number of benzene rings is 3. The van der Waals surface area contributed by atoms with E-state index in [0.29, 0.717) is 0 Å². The van der Waals surface area contributed by atoms with Gasteiger partial charge in [0.05, 0.1) is 0 Å². The lowest BCUT2D eigenvalue weighted by Crippen LogP contribution is -2.41. The van der Waals surface area contributed by atoms with Crippen LogP contribution in [0.5, 0.6) is 11.5 Å². The molecule has 3 aromatic carbocycles. The van der Waals surface area contributed by atoms with Crippen molar-refractivity contribution in [2.45, 2.75) is 11.8 Å². The molecule has 0 aliphatic heterocycles. The van der Waals surface area contributed by atoms with Crippen LogP contribution in [0.4, 0.5) is 0 Å². The molecule has 0 amide bonds. The van der Waals surface area contributed by atoms with Crippen LogP contribution >= 0.6 is 0 Å². The quantitative estimate of drug-likeness (QED) is 0.748. The van der Waals surface area contributed by atoms with Crippen molar-refractivity contribution in [1.82, 2.24) is 0 Å². The highest BCUT2D eigenvalue weighted by Crippen LogP contribution is 2.51. The van der Waals surface area contributed by atoms with Crippen LogP contribution < -0.4 is 0 Å². The normalized spacial score (nSPS) is 14.9.